The van der Waals surface area contributed by atoms with Gasteiger partial charge in [-0.2, -0.15) is 0 Å². The predicted molar refractivity (Wildman–Crippen MR) is 114 cm³/mol. The van der Waals surface area contributed by atoms with Crippen LogP contribution in [0.25, 0.3) is 10.9 Å². The van der Waals surface area contributed by atoms with E-state index in [1.807, 2.05) is 0 Å². The SMILES string of the molecule is Cc1ccc2nc(SCCC(=O)N[C@H]3C[C@H]4CNC[C@H]4C[C@@H]3O)cc(C)c2c1. The van der Waals surface area contributed by atoms with E-state index in [0.717, 1.165) is 36.5 Å². The van der Waals surface area contributed by atoms with Crippen LogP contribution in [0.4, 0.5) is 0 Å². The number of aliphatic hydroxyl groups is 1. The standard InChI is InChI=1S/C22H29N3O2S/c1-13-3-4-18-17(7-13)14(2)8-22(25-18)28-6-5-21(27)24-19-9-15-11-23-12-16(15)10-20(19)26/h3-4,7-8,15-16,19-20,23,26H,5-6,9-12H2,1-2H3,(H,24,27)/t15-,16+,19-,20-/m0/s1. The Hall–Kier alpha value is -1.63. The number of pyridine rings is 1. The normalized spacial score (nSPS) is 27.0. The van der Waals surface area contributed by atoms with E-state index in [0.29, 0.717) is 24.0 Å². The van der Waals surface area contributed by atoms with Gasteiger partial charge in [-0.1, -0.05) is 11.6 Å². The van der Waals surface area contributed by atoms with Gasteiger partial charge in [0.25, 0.3) is 0 Å². The molecule has 0 spiro atoms. The Morgan fingerprint density at radius 2 is 2.04 bits per heavy atom. The van der Waals surface area contributed by atoms with Crippen molar-refractivity contribution in [3.63, 3.8) is 0 Å². The number of carbonyl (C=O) groups excluding carboxylic acids is 1. The number of thioether (sulfide) groups is 1. The monoisotopic (exact) mass is 399 g/mol. The van der Waals surface area contributed by atoms with Crippen LogP contribution >= 0.6 is 11.8 Å². The Morgan fingerprint density at radius 1 is 1.25 bits per heavy atom. The second-order valence-corrected chi connectivity index (χ2v) is 9.40. The smallest absolute Gasteiger partial charge is 0.221 e. The minimum atomic E-state index is -0.425. The summed E-state index contributed by atoms with van der Waals surface area (Å²) >= 11 is 1.62. The zero-order chi connectivity index (χ0) is 19.7. The number of carbonyl (C=O) groups is 1. The van der Waals surface area contributed by atoms with Crippen LogP contribution in [0, 0.1) is 25.7 Å². The number of nitrogens with zero attached hydrogens (tertiary/aromatic N) is 1. The predicted octanol–water partition coefficient (Wildman–Crippen LogP) is 2.81. The molecule has 1 amide bonds. The van der Waals surface area contributed by atoms with Crippen molar-refractivity contribution in [2.45, 2.75) is 50.3 Å². The molecule has 0 unspecified atom stereocenters. The second-order valence-electron chi connectivity index (χ2n) is 8.29. The number of amides is 1. The molecular weight excluding hydrogens is 370 g/mol. The summed E-state index contributed by atoms with van der Waals surface area (Å²) < 4.78 is 0. The van der Waals surface area contributed by atoms with Crippen molar-refractivity contribution in [3.05, 3.63) is 35.4 Å². The van der Waals surface area contributed by atoms with Gasteiger partial charge in [-0.15, -0.1) is 11.8 Å². The first kappa shape index (κ1) is 19.7. The van der Waals surface area contributed by atoms with E-state index in [1.54, 1.807) is 11.8 Å². The molecule has 2 heterocycles. The molecule has 1 aromatic carbocycles. The first-order valence-corrected chi connectivity index (χ1v) is 11.2. The number of hydrogen-bond donors (Lipinski definition) is 3. The van der Waals surface area contributed by atoms with Gasteiger partial charge in [0.05, 0.1) is 22.7 Å². The van der Waals surface area contributed by atoms with Crippen LogP contribution in [0.1, 0.15) is 30.4 Å². The molecule has 1 aliphatic carbocycles. The van der Waals surface area contributed by atoms with E-state index in [1.165, 1.54) is 16.5 Å². The molecule has 1 aliphatic heterocycles. The van der Waals surface area contributed by atoms with E-state index in [-0.39, 0.29) is 11.9 Å². The lowest BCUT2D eigenvalue weighted by molar-refractivity contribution is -0.123. The number of nitrogens with one attached hydrogen (secondary N) is 2. The van der Waals surface area contributed by atoms with Crippen molar-refractivity contribution in [1.29, 1.82) is 0 Å². The minimum absolute atomic E-state index is 0.0223. The Bertz CT molecular complexity index is 872. The van der Waals surface area contributed by atoms with Gasteiger partial charge < -0.3 is 15.7 Å². The molecule has 3 N–H and O–H groups in total. The van der Waals surface area contributed by atoms with Gasteiger partial charge in [0.2, 0.25) is 5.91 Å². The van der Waals surface area contributed by atoms with Gasteiger partial charge >= 0.3 is 0 Å². The largest absolute Gasteiger partial charge is 0.391 e. The van der Waals surface area contributed by atoms with Gasteiger partial charge in [-0.3, -0.25) is 4.79 Å². The lowest BCUT2D eigenvalue weighted by atomic mass is 9.77. The van der Waals surface area contributed by atoms with Gasteiger partial charge in [-0.25, -0.2) is 4.98 Å². The highest BCUT2D eigenvalue weighted by molar-refractivity contribution is 7.99. The second kappa shape index (κ2) is 8.39. The Balaban J connectivity index is 1.29. The Kier molecular flexibility index (Phi) is 5.90. The number of fused-ring (bicyclic) bond motifs is 2. The molecule has 2 fully saturated rings. The molecule has 5 nitrogen and oxygen atoms in total. The minimum Gasteiger partial charge on any atom is -0.391 e. The van der Waals surface area contributed by atoms with Crippen molar-refractivity contribution in [3.8, 4) is 0 Å². The molecule has 1 saturated carbocycles. The van der Waals surface area contributed by atoms with Crippen LogP contribution in [-0.2, 0) is 4.79 Å². The lowest BCUT2D eigenvalue weighted by Crippen LogP contribution is -2.49. The summed E-state index contributed by atoms with van der Waals surface area (Å²) in [6.45, 7) is 6.20. The summed E-state index contributed by atoms with van der Waals surface area (Å²) in [5, 5.41) is 19.0. The third-order valence-corrected chi connectivity index (χ3v) is 7.03. The lowest BCUT2D eigenvalue weighted by Gasteiger charge is -2.35. The van der Waals surface area contributed by atoms with E-state index in [9.17, 15) is 9.90 Å². The highest BCUT2D eigenvalue weighted by Gasteiger charge is 2.39. The maximum Gasteiger partial charge on any atom is 0.221 e. The maximum atomic E-state index is 12.4. The van der Waals surface area contributed by atoms with E-state index in [2.05, 4.69) is 48.7 Å². The fourth-order valence-electron chi connectivity index (χ4n) is 4.53. The molecular formula is C22H29N3O2S. The summed E-state index contributed by atoms with van der Waals surface area (Å²) in [5.41, 5.74) is 3.45. The van der Waals surface area contributed by atoms with E-state index < -0.39 is 6.10 Å². The number of aromatic nitrogens is 1. The molecule has 0 bridgehead atoms. The summed E-state index contributed by atoms with van der Waals surface area (Å²) in [6.07, 6.45) is 1.68. The van der Waals surface area contributed by atoms with E-state index in [4.69, 9.17) is 4.98 Å². The van der Waals surface area contributed by atoms with Crippen LogP contribution in [0.5, 0.6) is 0 Å². The van der Waals surface area contributed by atoms with Gasteiger partial charge in [0.15, 0.2) is 0 Å². The highest BCUT2D eigenvalue weighted by Crippen LogP contribution is 2.33. The summed E-state index contributed by atoms with van der Waals surface area (Å²) in [7, 11) is 0. The Morgan fingerprint density at radius 3 is 2.86 bits per heavy atom. The molecule has 150 valence electrons. The zero-order valence-electron chi connectivity index (χ0n) is 16.6. The summed E-state index contributed by atoms with van der Waals surface area (Å²) in [4.78, 5) is 17.1. The molecule has 4 rings (SSSR count). The number of aryl methyl sites for hydroxylation is 2. The molecule has 2 aromatic rings. The van der Waals surface area contributed by atoms with Crippen molar-refractivity contribution in [2.75, 3.05) is 18.8 Å². The average molecular weight is 400 g/mol. The van der Waals surface area contributed by atoms with Crippen LogP contribution in [0.3, 0.4) is 0 Å². The topological polar surface area (TPSA) is 74.2 Å². The van der Waals surface area contributed by atoms with Gasteiger partial charge in [-0.05, 0) is 75.4 Å². The first-order chi connectivity index (χ1) is 13.5. The fraction of sp³-hybridized carbons (Fsp3) is 0.545. The number of hydrogen-bond acceptors (Lipinski definition) is 5. The van der Waals surface area contributed by atoms with Crippen LogP contribution < -0.4 is 10.6 Å². The number of aliphatic hydroxyl groups excluding tert-OH is 1. The van der Waals surface area contributed by atoms with Crippen molar-refractivity contribution < 1.29 is 9.90 Å². The number of benzene rings is 1. The molecule has 6 heteroatoms. The van der Waals surface area contributed by atoms with Gasteiger partial charge in [0.1, 0.15) is 0 Å². The molecule has 0 radical (unpaired) electrons. The average Bonchev–Trinajstić information content (AvgIpc) is 3.10. The Labute approximate surface area is 170 Å². The van der Waals surface area contributed by atoms with Crippen LogP contribution in [-0.4, -0.2) is 47.0 Å². The molecule has 1 saturated heterocycles. The first-order valence-electron chi connectivity index (χ1n) is 10.2. The van der Waals surface area contributed by atoms with Crippen molar-refractivity contribution in [2.24, 2.45) is 11.8 Å². The quantitative estimate of drug-likeness (QED) is 0.674. The number of rotatable bonds is 5. The maximum absolute atomic E-state index is 12.4. The van der Waals surface area contributed by atoms with Crippen LogP contribution in [0.2, 0.25) is 0 Å². The van der Waals surface area contributed by atoms with Gasteiger partial charge in [0, 0.05) is 17.6 Å². The van der Waals surface area contributed by atoms with Crippen LogP contribution in [0.15, 0.2) is 29.3 Å². The molecule has 28 heavy (non-hydrogen) atoms. The van der Waals surface area contributed by atoms with E-state index >= 15 is 0 Å². The van der Waals surface area contributed by atoms with Crippen molar-refractivity contribution >= 4 is 28.6 Å². The fourth-order valence-corrected chi connectivity index (χ4v) is 5.45. The zero-order valence-corrected chi connectivity index (χ0v) is 17.4. The third-order valence-electron chi connectivity index (χ3n) is 6.12. The highest BCUT2D eigenvalue weighted by atomic mass is 32.2. The molecule has 2 aliphatic rings. The third kappa shape index (κ3) is 4.34. The molecule has 4 atom stereocenters. The van der Waals surface area contributed by atoms with Crippen molar-refractivity contribution in [1.82, 2.24) is 15.6 Å². The summed E-state index contributed by atoms with van der Waals surface area (Å²) in [5.74, 6) is 1.85. The summed E-state index contributed by atoms with van der Waals surface area (Å²) in [6, 6.07) is 8.30. The molecule has 1 aromatic heterocycles.